The lowest BCUT2D eigenvalue weighted by molar-refractivity contribution is -0.118. The van der Waals surface area contributed by atoms with Crippen LogP contribution in [0.1, 0.15) is 36.1 Å². The minimum atomic E-state index is -0.533. The quantitative estimate of drug-likeness (QED) is 0.547. The molecule has 0 spiro atoms. The summed E-state index contributed by atoms with van der Waals surface area (Å²) >= 11 is 6.14. The Bertz CT molecular complexity index is 874. The van der Waals surface area contributed by atoms with E-state index in [2.05, 4.69) is 10.6 Å². The van der Waals surface area contributed by atoms with Crippen molar-refractivity contribution in [2.45, 2.75) is 33.2 Å². The fourth-order valence-corrected chi connectivity index (χ4v) is 2.94. The third-order valence-electron chi connectivity index (χ3n) is 4.48. The molecule has 1 amide bonds. The van der Waals surface area contributed by atoms with E-state index in [4.69, 9.17) is 17.3 Å². The standard InChI is InChI=1S/C23H28ClN3O/c1-4-5-9-20(25)12-13-26-22(18-7-6-8-19(24)15-18)23(28)27-21-11-10-16(2)17(3)14-21/h4-11,14-15,22,26H,12-13,25H2,1-3H3,(H,27,28)/b5-4-,20-9-. The fourth-order valence-electron chi connectivity index (χ4n) is 2.75. The number of allylic oxidation sites excluding steroid dienone is 3. The first-order chi connectivity index (χ1) is 13.4. The van der Waals surface area contributed by atoms with Crippen LogP contribution in [0, 0.1) is 13.8 Å². The van der Waals surface area contributed by atoms with Gasteiger partial charge in [-0.25, -0.2) is 0 Å². The highest BCUT2D eigenvalue weighted by Crippen LogP contribution is 2.21. The highest BCUT2D eigenvalue weighted by atomic mass is 35.5. The summed E-state index contributed by atoms with van der Waals surface area (Å²) in [6.07, 6.45) is 6.33. The summed E-state index contributed by atoms with van der Waals surface area (Å²) < 4.78 is 0. The molecular weight excluding hydrogens is 370 g/mol. The molecular formula is C23H28ClN3O. The van der Waals surface area contributed by atoms with Crippen molar-refractivity contribution in [3.8, 4) is 0 Å². The van der Waals surface area contributed by atoms with Gasteiger partial charge in [-0.15, -0.1) is 0 Å². The van der Waals surface area contributed by atoms with Gasteiger partial charge in [0.05, 0.1) is 0 Å². The molecule has 5 heteroatoms. The van der Waals surface area contributed by atoms with E-state index in [-0.39, 0.29) is 5.91 Å². The highest BCUT2D eigenvalue weighted by molar-refractivity contribution is 6.30. The Morgan fingerprint density at radius 3 is 2.64 bits per heavy atom. The van der Waals surface area contributed by atoms with Crippen LogP contribution < -0.4 is 16.4 Å². The molecule has 0 fully saturated rings. The number of carbonyl (C=O) groups is 1. The van der Waals surface area contributed by atoms with Crippen LogP contribution in [0.2, 0.25) is 5.02 Å². The van der Waals surface area contributed by atoms with Crippen LogP contribution in [-0.4, -0.2) is 12.5 Å². The van der Waals surface area contributed by atoms with E-state index in [1.165, 1.54) is 5.56 Å². The SMILES string of the molecule is C/C=C\C=C(/N)CCNC(C(=O)Nc1ccc(C)c(C)c1)c1cccc(Cl)c1. The highest BCUT2D eigenvalue weighted by Gasteiger charge is 2.20. The van der Waals surface area contributed by atoms with Crippen molar-refractivity contribution in [3.63, 3.8) is 0 Å². The van der Waals surface area contributed by atoms with Crippen LogP contribution in [-0.2, 0) is 4.79 Å². The number of hydrogen-bond donors (Lipinski definition) is 3. The molecule has 148 valence electrons. The predicted octanol–water partition coefficient (Wildman–Crippen LogP) is 5.04. The maximum atomic E-state index is 13.0. The van der Waals surface area contributed by atoms with Gasteiger partial charge in [0.1, 0.15) is 6.04 Å². The molecule has 4 nitrogen and oxygen atoms in total. The van der Waals surface area contributed by atoms with Gasteiger partial charge >= 0.3 is 0 Å². The molecule has 28 heavy (non-hydrogen) atoms. The van der Waals surface area contributed by atoms with E-state index in [1.54, 1.807) is 12.1 Å². The van der Waals surface area contributed by atoms with E-state index >= 15 is 0 Å². The van der Waals surface area contributed by atoms with Crippen molar-refractivity contribution in [2.24, 2.45) is 5.73 Å². The van der Waals surface area contributed by atoms with Gasteiger partial charge in [0.2, 0.25) is 5.91 Å². The number of anilines is 1. The lowest BCUT2D eigenvalue weighted by atomic mass is 10.0. The average molecular weight is 398 g/mol. The summed E-state index contributed by atoms with van der Waals surface area (Å²) in [4.78, 5) is 13.0. The molecule has 2 aromatic rings. The second-order valence-electron chi connectivity index (χ2n) is 6.75. The number of aryl methyl sites for hydroxylation is 2. The van der Waals surface area contributed by atoms with Gasteiger partial charge in [0, 0.05) is 23.0 Å². The topological polar surface area (TPSA) is 67.1 Å². The number of amides is 1. The summed E-state index contributed by atoms with van der Waals surface area (Å²) in [6, 6.07) is 12.7. The molecule has 0 bridgehead atoms. The summed E-state index contributed by atoms with van der Waals surface area (Å²) in [7, 11) is 0. The number of nitrogens with one attached hydrogen (secondary N) is 2. The molecule has 0 saturated heterocycles. The van der Waals surface area contributed by atoms with Gasteiger partial charge in [-0.05, 0) is 74.2 Å². The van der Waals surface area contributed by atoms with Gasteiger partial charge in [-0.2, -0.15) is 0 Å². The molecule has 0 saturated carbocycles. The third-order valence-corrected chi connectivity index (χ3v) is 4.72. The Kier molecular flexibility index (Phi) is 8.30. The van der Waals surface area contributed by atoms with Crippen molar-refractivity contribution in [2.75, 3.05) is 11.9 Å². The van der Waals surface area contributed by atoms with Crippen LogP contribution in [0.3, 0.4) is 0 Å². The zero-order valence-electron chi connectivity index (χ0n) is 16.6. The molecule has 2 rings (SSSR count). The molecule has 1 atom stereocenters. The van der Waals surface area contributed by atoms with Crippen LogP contribution in [0.25, 0.3) is 0 Å². The van der Waals surface area contributed by atoms with Gasteiger partial charge < -0.3 is 16.4 Å². The van der Waals surface area contributed by atoms with Crippen LogP contribution >= 0.6 is 11.6 Å². The molecule has 0 aliphatic heterocycles. The minimum absolute atomic E-state index is 0.137. The summed E-state index contributed by atoms with van der Waals surface area (Å²) in [5.74, 6) is -0.137. The lowest BCUT2D eigenvalue weighted by Crippen LogP contribution is -2.34. The first-order valence-corrected chi connectivity index (χ1v) is 9.72. The van der Waals surface area contributed by atoms with E-state index in [0.29, 0.717) is 18.0 Å². The van der Waals surface area contributed by atoms with Crippen LogP contribution in [0.4, 0.5) is 5.69 Å². The molecule has 0 radical (unpaired) electrons. The van der Waals surface area contributed by atoms with E-state index in [9.17, 15) is 4.79 Å². The van der Waals surface area contributed by atoms with Gasteiger partial charge in [-0.3, -0.25) is 4.79 Å². The average Bonchev–Trinajstić information content (AvgIpc) is 2.66. The minimum Gasteiger partial charge on any atom is -0.402 e. The maximum absolute atomic E-state index is 13.0. The Labute approximate surface area is 172 Å². The van der Waals surface area contributed by atoms with Crippen molar-refractivity contribution >= 4 is 23.2 Å². The normalized spacial score (nSPS) is 12.9. The zero-order chi connectivity index (χ0) is 20.5. The molecule has 2 aromatic carbocycles. The van der Waals surface area contributed by atoms with Gasteiger partial charge in [0.15, 0.2) is 0 Å². The van der Waals surface area contributed by atoms with Gasteiger partial charge in [0.25, 0.3) is 0 Å². The van der Waals surface area contributed by atoms with Crippen molar-refractivity contribution in [3.05, 3.63) is 88.1 Å². The summed E-state index contributed by atoms with van der Waals surface area (Å²) in [6.45, 7) is 6.58. The maximum Gasteiger partial charge on any atom is 0.246 e. The van der Waals surface area contributed by atoms with Crippen LogP contribution in [0.15, 0.2) is 66.4 Å². The van der Waals surface area contributed by atoms with Crippen molar-refractivity contribution in [1.82, 2.24) is 5.32 Å². The van der Waals surface area contributed by atoms with Crippen molar-refractivity contribution in [1.29, 1.82) is 0 Å². The molecule has 0 aliphatic carbocycles. The largest absolute Gasteiger partial charge is 0.402 e. The number of hydrogen-bond acceptors (Lipinski definition) is 3. The third kappa shape index (κ3) is 6.55. The zero-order valence-corrected chi connectivity index (χ0v) is 17.4. The first kappa shape index (κ1) is 21.7. The molecule has 4 N–H and O–H groups in total. The predicted molar refractivity (Wildman–Crippen MR) is 118 cm³/mol. The Morgan fingerprint density at radius 2 is 1.96 bits per heavy atom. The molecule has 0 aliphatic rings. The monoisotopic (exact) mass is 397 g/mol. The number of benzene rings is 2. The smallest absolute Gasteiger partial charge is 0.246 e. The number of carbonyl (C=O) groups excluding carboxylic acids is 1. The van der Waals surface area contributed by atoms with E-state index in [1.807, 2.05) is 69.3 Å². The number of rotatable bonds is 8. The number of halogens is 1. The Hall–Kier alpha value is -2.56. The summed E-state index contributed by atoms with van der Waals surface area (Å²) in [5, 5.41) is 6.89. The van der Waals surface area contributed by atoms with Gasteiger partial charge in [-0.1, -0.05) is 42.0 Å². The first-order valence-electron chi connectivity index (χ1n) is 9.35. The number of nitrogens with two attached hydrogens (primary N) is 1. The Morgan fingerprint density at radius 1 is 1.18 bits per heavy atom. The van der Waals surface area contributed by atoms with Crippen molar-refractivity contribution < 1.29 is 4.79 Å². The van der Waals surface area contributed by atoms with E-state index < -0.39 is 6.04 Å². The molecule has 0 heterocycles. The fraction of sp³-hybridized carbons (Fsp3) is 0.261. The summed E-state index contributed by atoms with van der Waals surface area (Å²) in [5.41, 5.74) is 10.6. The van der Waals surface area contributed by atoms with Crippen LogP contribution in [0.5, 0.6) is 0 Å². The Balaban J connectivity index is 2.15. The lowest BCUT2D eigenvalue weighted by Gasteiger charge is -2.20. The van der Waals surface area contributed by atoms with E-state index in [0.717, 1.165) is 22.5 Å². The second kappa shape index (κ2) is 10.7. The second-order valence-corrected chi connectivity index (χ2v) is 7.18. The molecule has 0 aromatic heterocycles. The molecule has 1 unspecified atom stereocenters.